The molecule has 0 amide bonds. The van der Waals surface area contributed by atoms with Crippen LogP contribution in [-0.4, -0.2) is 0 Å². The van der Waals surface area contributed by atoms with E-state index < -0.39 is 0 Å². The van der Waals surface area contributed by atoms with Crippen LogP contribution in [0.2, 0.25) is 10.0 Å². The molecule has 0 aliphatic rings. The van der Waals surface area contributed by atoms with Crippen LogP contribution in [0, 0.1) is 0 Å². The summed E-state index contributed by atoms with van der Waals surface area (Å²) in [5.41, 5.74) is 0.708. The first-order chi connectivity index (χ1) is 14.5. The maximum absolute atomic E-state index is 13.5. The molecule has 2 heterocycles. The molecule has 0 bridgehead atoms. The van der Waals surface area contributed by atoms with E-state index in [1.807, 2.05) is 24.3 Å². The molecule has 0 radical (unpaired) electrons. The number of hydrogen-bond acceptors (Lipinski definition) is 4. The summed E-state index contributed by atoms with van der Waals surface area (Å²) >= 11 is 12.2. The first-order valence-corrected chi connectivity index (χ1v) is 9.91. The third-order valence-electron chi connectivity index (χ3n) is 5.38. The van der Waals surface area contributed by atoms with Gasteiger partial charge >= 0.3 is 0 Å². The van der Waals surface area contributed by atoms with Crippen LogP contribution in [0.5, 0.6) is 0 Å². The number of rotatable bonds is 0. The fraction of sp³-hybridized carbons (Fsp3) is 0. The van der Waals surface area contributed by atoms with Gasteiger partial charge in [-0.2, -0.15) is 0 Å². The van der Waals surface area contributed by atoms with Gasteiger partial charge in [-0.3, -0.25) is 9.59 Å². The second-order valence-corrected chi connectivity index (χ2v) is 7.97. The van der Waals surface area contributed by atoms with E-state index in [1.54, 1.807) is 36.4 Å². The summed E-state index contributed by atoms with van der Waals surface area (Å²) in [5, 5.41) is 3.51. The highest BCUT2D eigenvalue weighted by atomic mass is 35.5. The molecule has 4 aromatic carbocycles. The van der Waals surface area contributed by atoms with E-state index in [9.17, 15) is 9.59 Å². The fourth-order valence-corrected chi connectivity index (χ4v) is 4.37. The van der Waals surface area contributed by atoms with Gasteiger partial charge < -0.3 is 8.83 Å². The molecule has 0 aliphatic heterocycles. The smallest absolute Gasteiger partial charge is 0.204 e. The predicted octanol–water partition coefficient (Wildman–Crippen LogP) is 6.67. The first kappa shape index (κ1) is 17.5. The number of benzene rings is 4. The van der Waals surface area contributed by atoms with Gasteiger partial charge in [-0.25, -0.2) is 0 Å². The van der Waals surface area contributed by atoms with Crippen LogP contribution in [0.25, 0.3) is 54.6 Å². The SMILES string of the molecule is O=c1c2ccc(Cl)cc2oc2c1c1ccccc1c1oc3cc(Cl)ccc3c(=O)c12. The van der Waals surface area contributed by atoms with Gasteiger partial charge in [0.25, 0.3) is 0 Å². The highest BCUT2D eigenvalue weighted by Crippen LogP contribution is 2.35. The van der Waals surface area contributed by atoms with Crippen molar-refractivity contribution in [2.45, 2.75) is 0 Å². The van der Waals surface area contributed by atoms with Gasteiger partial charge in [0.05, 0.1) is 16.2 Å². The Kier molecular flexibility index (Phi) is 3.55. The van der Waals surface area contributed by atoms with E-state index in [2.05, 4.69) is 0 Å². The van der Waals surface area contributed by atoms with Crippen LogP contribution in [-0.2, 0) is 0 Å². The first-order valence-electron chi connectivity index (χ1n) is 9.16. The Bertz CT molecular complexity index is 1810. The van der Waals surface area contributed by atoms with Crippen molar-refractivity contribution in [3.05, 3.63) is 91.2 Å². The molecule has 0 unspecified atom stereocenters. The zero-order chi connectivity index (χ0) is 20.6. The van der Waals surface area contributed by atoms with Crippen molar-refractivity contribution in [3.8, 4) is 0 Å². The maximum Gasteiger partial charge on any atom is 0.204 e. The van der Waals surface area contributed by atoms with Gasteiger partial charge in [0.2, 0.25) is 10.9 Å². The zero-order valence-electron chi connectivity index (χ0n) is 15.2. The van der Waals surface area contributed by atoms with E-state index in [1.165, 1.54) is 0 Å². The lowest BCUT2D eigenvalue weighted by atomic mass is 9.99. The van der Waals surface area contributed by atoms with Gasteiger partial charge in [-0.15, -0.1) is 0 Å². The summed E-state index contributed by atoms with van der Waals surface area (Å²) in [6.45, 7) is 0. The summed E-state index contributed by atoms with van der Waals surface area (Å²) in [6, 6.07) is 17.0. The Morgan fingerprint density at radius 3 is 1.73 bits per heavy atom. The van der Waals surface area contributed by atoms with Gasteiger partial charge in [-0.1, -0.05) is 47.5 Å². The van der Waals surface area contributed by atoms with Gasteiger partial charge in [-0.05, 0) is 24.3 Å². The fourth-order valence-electron chi connectivity index (χ4n) is 4.05. The van der Waals surface area contributed by atoms with Crippen LogP contribution in [0.4, 0.5) is 0 Å². The molecule has 30 heavy (non-hydrogen) atoms. The van der Waals surface area contributed by atoms with Crippen molar-refractivity contribution in [1.29, 1.82) is 0 Å². The van der Waals surface area contributed by atoms with Crippen LogP contribution < -0.4 is 10.9 Å². The van der Waals surface area contributed by atoms with Crippen LogP contribution in [0.3, 0.4) is 0 Å². The molecule has 0 N–H and O–H groups in total. The molecular weight excluding hydrogens is 423 g/mol. The van der Waals surface area contributed by atoms with E-state index in [4.69, 9.17) is 32.0 Å². The molecule has 6 rings (SSSR count). The monoisotopic (exact) mass is 432 g/mol. The molecule has 0 aliphatic carbocycles. The molecule has 0 atom stereocenters. The minimum Gasteiger partial charge on any atom is -0.455 e. The Labute approximate surface area is 177 Å². The molecule has 6 heteroatoms. The number of fused-ring (bicyclic) bond motifs is 8. The van der Waals surface area contributed by atoms with E-state index in [-0.39, 0.29) is 21.8 Å². The van der Waals surface area contributed by atoms with Gasteiger partial charge in [0.1, 0.15) is 22.1 Å². The average molecular weight is 433 g/mol. The van der Waals surface area contributed by atoms with Crippen molar-refractivity contribution in [1.82, 2.24) is 0 Å². The minimum atomic E-state index is -0.289. The van der Waals surface area contributed by atoms with E-state index >= 15 is 0 Å². The summed E-state index contributed by atoms with van der Waals surface area (Å²) in [6.07, 6.45) is 0. The highest BCUT2D eigenvalue weighted by Gasteiger charge is 2.21. The molecule has 0 saturated carbocycles. The summed E-state index contributed by atoms with van der Waals surface area (Å²) in [5.74, 6) is 0. The molecule has 4 nitrogen and oxygen atoms in total. The normalized spacial score (nSPS) is 11.9. The lowest BCUT2D eigenvalue weighted by molar-refractivity contribution is 0.652. The Balaban J connectivity index is 2.03. The van der Waals surface area contributed by atoms with Crippen LogP contribution in [0.15, 0.2) is 79.1 Å². The molecule has 0 saturated heterocycles. The van der Waals surface area contributed by atoms with Crippen LogP contribution >= 0.6 is 23.2 Å². The zero-order valence-corrected chi connectivity index (χ0v) is 16.7. The van der Waals surface area contributed by atoms with E-state index in [0.717, 1.165) is 0 Å². The molecule has 0 fully saturated rings. The van der Waals surface area contributed by atoms with Crippen molar-refractivity contribution in [2.75, 3.05) is 0 Å². The number of hydrogen-bond donors (Lipinski definition) is 0. The van der Waals surface area contributed by atoms with Crippen molar-refractivity contribution in [2.24, 2.45) is 0 Å². The second-order valence-electron chi connectivity index (χ2n) is 7.10. The second kappa shape index (κ2) is 6.08. The van der Waals surface area contributed by atoms with Crippen molar-refractivity contribution < 1.29 is 8.83 Å². The average Bonchev–Trinajstić information content (AvgIpc) is 2.73. The molecule has 144 valence electrons. The van der Waals surface area contributed by atoms with Crippen LogP contribution in [0.1, 0.15) is 0 Å². The molecule has 0 spiro atoms. The van der Waals surface area contributed by atoms with Gasteiger partial charge in [0.15, 0.2) is 5.58 Å². The largest absolute Gasteiger partial charge is 0.455 e. The lowest BCUT2D eigenvalue weighted by Crippen LogP contribution is -2.08. The summed E-state index contributed by atoms with van der Waals surface area (Å²) in [7, 11) is 0. The Morgan fingerprint density at radius 1 is 0.567 bits per heavy atom. The third kappa shape index (κ3) is 2.29. The Morgan fingerprint density at radius 2 is 1.10 bits per heavy atom. The Hall–Kier alpha value is -3.34. The molecule has 6 aromatic rings. The molecular formula is C24H10Cl2O4. The number of halogens is 2. The van der Waals surface area contributed by atoms with Gasteiger partial charge in [0, 0.05) is 33.0 Å². The third-order valence-corrected chi connectivity index (χ3v) is 5.85. The minimum absolute atomic E-state index is 0.189. The summed E-state index contributed by atoms with van der Waals surface area (Å²) < 4.78 is 12.2. The topological polar surface area (TPSA) is 60.4 Å². The predicted molar refractivity (Wildman–Crippen MR) is 121 cm³/mol. The van der Waals surface area contributed by atoms with Crippen molar-refractivity contribution >= 4 is 77.9 Å². The maximum atomic E-state index is 13.5. The highest BCUT2D eigenvalue weighted by molar-refractivity contribution is 6.32. The standard InChI is InChI=1S/C24H10Cl2O4/c25-11-6-8-16-17(9-11)29-23-14-4-2-1-3-13(14)19-21(27)15-7-5-12(26)10-18(15)30-24(19)20(23)22(16)28/h1-10H. The summed E-state index contributed by atoms with van der Waals surface area (Å²) in [4.78, 5) is 26.9. The van der Waals surface area contributed by atoms with Crippen molar-refractivity contribution in [3.63, 3.8) is 0 Å². The molecule has 2 aromatic heterocycles. The van der Waals surface area contributed by atoms with E-state index in [0.29, 0.717) is 53.7 Å². The lowest BCUT2D eigenvalue weighted by Gasteiger charge is -2.10. The quantitative estimate of drug-likeness (QED) is 0.198.